The van der Waals surface area contributed by atoms with Crippen molar-refractivity contribution in [2.75, 3.05) is 19.6 Å². The Morgan fingerprint density at radius 1 is 1.34 bits per heavy atom. The van der Waals surface area contributed by atoms with Crippen molar-refractivity contribution in [1.82, 2.24) is 20.2 Å². The molecule has 1 aromatic heterocycles. The van der Waals surface area contributed by atoms with Crippen LogP contribution in [0, 0.1) is 13.8 Å². The third kappa shape index (κ3) is 4.42. The topological polar surface area (TPSA) is 67.3 Å². The lowest BCUT2D eigenvalue weighted by atomic mass is 9.98. The number of carbonyl (C=O) groups excluding carboxylic acids is 1. The van der Waals surface area contributed by atoms with Gasteiger partial charge in [-0.1, -0.05) is 17.7 Å². The van der Waals surface area contributed by atoms with Crippen molar-refractivity contribution in [3.63, 3.8) is 0 Å². The Bertz CT molecular complexity index is 892. The van der Waals surface area contributed by atoms with Gasteiger partial charge in [-0.2, -0.15) is 0 Å². The molecule has 0 unspecified atom stereocenters. The quantitative estimate of drug-likeness (QED) is 0.864. The molecule has 0 saturated carbocycles. The molecule has 0 spiro atoms. The molecular weight excluding hydrogens is 364 g/mol. The summed E-state index contributed by atoms with van der Waals surface area (Å²) in [5.41, 5.74) is 4.38. The van der Waals surface area contributed by atoms with Crippen molar-refractivity contribution >= 4 is 5.91 Å². The number of nitrogens with zero attached hydrogens (tertiary/aromatic N) is 3. The zero-order valence-corrected chi connectivity index (χ0v) is 17.6. The van der Waals surface area contributed by atoms with Gasteiger partial charge in [-0.05, 0) is 51.8 Å². The van der Waals surface area contributed by atoms with Gasteiger partial charge in [0.25, 0.3) is 5.91 Å². The van der Waals surface area contributed by atoms with Gasteiger partial charge >= 0.3 is 0 Å². The molecule has 6 nitrogen and oxygen atoms in total. The van der Waals surface area contributed by atoms with Gasteiger partial charge in [0.2, 0.25) is 0 Å². The van der Waals surface area contributed by atoms with Crippen LogP contribution in [-0.2, 0) is 17.8 Å². The van der Waals surface area contributed by atoms with E-state index in [0.717, 1.165) is 54.3 Å². The van der Waals surface area contributed by atoms with E-state index < -0.39 is 6.10 Å². The maximum atomic E-state index is 13.0. The number of rotatable bonds is 4. The molecule has 1 amide bonds. The molecule has 0 aliphatic carbocycles. The smallest absolute Gasteiger partial charge is 0.263 e. The lowest BCUT2D eigenvalue weighted by molar-refractivity contribution is -0.138. The van der Waals surface area contributed by atoms with E-state index in [1.807, 2.05) is 37.1 Å². The monoisotopic (exact) mass is 394 g/mol. The number of aromatic nitrogens is 2. The molecule has 29 heavy (non-hydrogen) atoms. The molecule has 1 fully saturated rings. The average Bonchev–Trinajstić information content (AvgIpc) is 2.75. The molecular formula is C23H30N4O2. The molecule has 0 bridgehead atoms. The van der Waals surface area contributed by atoms with Crippen molar-refractivity contribution in [2.45, 2.75) is 58.6 Å². The van der Waals surface area contributed by atoms with E-state index in [1.165, 1.54) is 12.0 Å². The second-order valence-corrected chi connectivity index (χ2v) is 8.28. The van der Waals surface area contributed by atoms with Crippen molar-refractivity contribution in [3.05, 3.63) is 52.6 Å². The minimum Gasteiger partial charge on any atom is -0.481 e. The zero-order chi connectivity index (χ0) is 20.4. The van der Waals surface area contributed by atoms with Crippen LogP contribution in [0.1, 0.15) is 53.9 Å². The van der Waals surface area contributed by atoms with E-state index >= 15 is 0 Å². The number of hydrogen-bond donors (Lipinski definition) is 1. The first-order chi connectivity index (χ1) is 14.0. The molecule has 0 radical (unpaired) electrons. The second kappa shape index (κ2) is 8.49. The molecule has 154 valence electrons. The van der Waals surface area contributed by atoms with E-state index in [4.69, 9.17) is 9.72 Å². The van der Waals surface area contributed by atoms with Crippen molar-refractivity contribution < 1.29 is 9.53 Å². The molecule has 3 heterocycles. The lowest BCUT2D eigenvalue weighted by Gasteiger charge is -2.31. The Kier molecular flexibility index (Phi) is 5.81. The fraction of sp³-hybridized carbons (Fsp3) is 0.522. The maximum absolute atomic E-state index is 13.0. The number of nitrogens with one attached hydrogen (secondary N) is 1. The van der Waals surface area contributed by atoms with Crippen LogP contribution in [0.4, 0.5) is 0 Å². The number of amides is 1. The van der Waals surface area contributed by atoms with Gasteiger partial charge in [0, 0.05) is 43.7 Å². The highest BCUT2D eigenvalue weighted by Gasteiger charge is 2.28. The Morgan fingerprint density at radius 2 is 2.21 bits per heavy atom. The van der Waals surface area contributed by atoms with Gasteiger partial charge < -0.3 is 15.0 Å². The molecule has 4 rings (SSSR count). The van der Waals surface area contributed by atoms with Gasteiger partial charge in [-0.25, -0.2) is 9.97 Å². The van der Waals surface area contributed by atoms with Crippen LogP contribution in [-0.4, -0.2) is 46.5 Å². The van der Waals surface area contributed by atoms with E-state index in [2.05, 4.69) is 23.3 Å². The van der Waals surface area contributed by atoms with Gasteiger partial charge in [0.15, 0.2) is 6.10 Å². The highest BCUT2D eigenvalue weighted by molar-refractivity contribution is 5.81. The number of fused-ring (bicyclic) bond motifs is 1. The van der Waals surface area contributed by atoms with Crippen LogP contribution in [0.3, 0.4) is 0 Å². The first-order valence-electron chi connectivity index (χ1n) is 10.6. The second-order valence-electron chi connectivity index (χ2n) is 8.28. The normalized spacial score (nSPS) is 20.1. The van der Waals surface area contributed by atoms with Gasteiger partial charge in [-0.15, -0.1) is 0 Å². The summed E-state index contributed by atoms with van der Waals surface area (Å²) in [7, 11) is 0. The summed E-state index contributed by atoms with van der Waals surface area (Å²) in [4.78, 5) is 24.3. The highest BCUT2D eigenvalue weighted by atomic mass is 16.5. The summed E-state index contributed by atoms with van der Waals surface area (Å²) < 4.78 is 5.97. The predicted octanol–water partition coefficient (Wildman–Crippen LogP) is 2.91. The number of hydrogen-bond acceptors (Lipinski definition) is 5. The van der Waals surface area contributed by atoms with Crippen LogP contribution in [0.25, 0.3) is 0 Å². The van der Waals surface area contributed by atoms with E-state index in [1.54, 1.807) is 0 Å². The molecule has 2 aliphatic rings. The summed E-state index contributed by atoms with van der Waals surface area (Å²) in [5.74, 6) is 2.13. The molecule has 1 saturated heterocycles. The summed E-state index contributed by atoms with van der Waals surface area (Å²) in [6.07, 6.45) is 4.48. The maximum Gasteiger partial charge on any atom is 0.263 e. The Labute approximate surface area is 172 Å². The number of ether oxygens (including phenoxy) is 1. The Morgan fingerprint density at radius 3 is 2.97 bits per heavy atom. The molecule has 2 aromatic rings. The summed E-state index contributed by atoms with van der Waals surface area (Å²) in [6, 6.07) is 6.02. The van der Waals surface area contributed by atoms with Crippen LogP contribution >= 0.6 is 0 Å². The minimum absolute atomic E-state index is 0.0104. The van der Waals surface area contributed by atoms with Gasteiger partial charge in [-0.3, -0.25) is 4.79 Å². The standard InChI is InChI=1S/C23H30N4O2/c1-15-6-7-21(16(2)11-15)29-17(3)23(28)27-10-8-20-19(14-27)13-25-22(26-20)18-5-4-9-24-12-18/h6-7,11,13,17-18,24H,4-5,8-10,12,14H2,1-3H3/t17-,18+/m1/s1. The van der Waals surface area contributed by atoms with Crippen molar-refractivity contribution in [1.29, 1.82) is 0 Å². The van der Waals surface area contributed by atoms with E-state index in [9.17, 15) is 4.79 Å². The van der Waals surface area contributed by atoms with Crippen LogP contribution in [0.2, 0.25) is 0 Å². The fourth-order valence-electron chi connectivity index (χ4n) is 4.22. The number of aryl methyl sites for hydroxylation is 2. The predicted molar refractivity (Wildman–Crippen MR) is 112 cm³/mol. The van der Waals surface area contributed by atoms with E-state index in [0.29, 0.717) is 19.0 Å². The first kappa shape index (κ1) is 19.8. The summed E-state index contributed by atoms with van der Waals surface area (Å²) in [5, 5.41) is 3.43. The van der Waals surface area contributed by atoms with Crippen molar-refractivity contribution in [2.24, 2.45) is 0 Å². The largest absolute Gasteiger partial charge is 0.481 e. The number of piperidine rings is 1. The summed E-state index contributed by atoms with van der Waals surface area (Å²) in [6.45, 7) is 9.15. The van der Waals surface area contributed by atoms with Crippen molar-refractivity contribution in [3.8, 4) is 5.75 Å². The number of carbonyl (C=O) groups is 1. The lowest BCUT2D eigenvalue weighted by Crippen LogP contribution is -2.43. The van der Waals surface area contributed by atoms with Crippen LogP contribution in [0.5, 0.6) is 5.75 Å². The average molecular weight is 395 g/mol. The molecule has 1 N–H and O–H groups in total. The van der Waals surface area contributed by atoms with E-state index in [-0.39, 0.29) is 5.91 Å². The zero-order valence-electron chi connectivity index (χ0n) is 17.6. The first-order valence-corrected chi connectivity index (χ1v) is 10.6. The van der Waals surface area contributed by atoms with Crippen LogP contribution in [0.15, 0.2) is 24.4 Å². The van der Waals surface area contributed by atoms with Gasteiger partial charge in [0.05, 0.1) is 5.69 Å². The third-order valence-corrected chi connectivity index (χ3v) is 5.91. The third-order valence-electron chi connectivity index (χ3n) is 5.91. The molecule has 6 heteroatoms. The molecule has 2 atom stereocenters. The number of benzene rings is 1. The summed E-state index contributed by atoms with van der Waals surface area (Å²) >= 11 is 0. The molecule has 1 aromatic carbocycles. The van der Waals surface area contributed by atoms with Gasteiger partial charge in [0.1, 0.15) is 11.6 Å². The molecule has 2 aliphatic heterocycles. The SMILES string of the molecule is Cc1ccc(O[C@H](C)C(=O)N2CCc3nc([C@H]4CCCNC4)ncc3C2)c(C)c1. The van der Waals surface area contributed by atoms with Crippen LogP contribution < -0.4 is 10.1 Å². The fourth-order valence-corrected chi connectivity index (χ4v) is 4.22. The Balaban J connectivity index is 1.41. The highest BCUT2D eigenvalue weighted by Crippen LogP contribution is 2.25. The Hall–Kier alpha value is -2.47. The minimum atomic E-state index is -0.522.